The summed E-state index contributed by atoms with van der Waals surface area (Å²) in [6.45, 7) is 1.93. The van der Waals surface area contributed by atoms with Gasteiger partial charge in [-0.25, -0.2) is 9.18 Å². The van der Waals surface area contributed by atoms with Crippen molar-refractivity contribution in [2.75, 3.05) is 13.7 Å². The van der Waals surface area contributed by atoms with E-state index in [0.717, 1.165) is 0 Å². The van der Waals surface area contributed by atoms with Crippen LogP contribution in [0.2, 0.25) is 10.0 Å². The predicted octanol–water partition coefficient (Wildman–Crippen LogP) is 4.51. The fourth-order valence-electron chi connectivity index (χ4n) is 3.92. The normalized spacial score (nSPS) is 19.8. The largest absolute Gasteiger partial charge is 0.466 e. The molecule has 0 bridgehead atoms. The molecule has 33 heavy (non-hydrogen) atoms. The molecule has 0 aliphatic carbocycles. The highest BCUT2D eigenvalue weighted by atomic mass is 35.5. The summed E-state index contributed by atoms with van der Waals surface area (Å²) in [4.78, 5) is 39.9. The van der Waals surface area contributed by atoms with Crippen LogP contribution in [0.3, 0.4) is 0 Å². The summed E-state index contributed by atoms with van der Waals surface area (Å²) >= 11 is 12.2. The van der Waals surface area contributed by atoms with Gasteiger partial charge < -0.3 is 14.8 Å². The Kier molecular flexibility index (Phi) is 8.15. The number of amides is 2. The molecular weight excluding hydrogens is 474 g/mol. The quantitative estimate of drug-likeness (QED) is 0.594. The molecule has 0 spiro atoms. The van der Waals surface area contributed by atoms with Crippen LogP contribution in [0, 0.1) is 11.7 Å². The maximum atomic E-state index is 13.1. The lowest BCUT2D eigenvalue weighted by atomic mass is 9.93. The maximum Gasteiger partial charge on any atom is 0.410 e. The summed E-state index contributed by atoms with van der Waals surface area (Å²) in [5, 5.41) is 3.29. The number of hydrogen-bond acceptors (Lipinski definition) is 5. The van der Waals surface area contributed by atoms with Crippen molar-refractivity contribution in [3.8, 4) is 0 Å². The summed E-state index contributed by atoms with van der Waals surface area (Å²) in [5.74, 6) is -2.25. The molecule has 1 heterocycles. The van der Waals surface area contributed by atoms with Crippen LogP contribution < -0.4 is 5.32 Å². The van der Waals surface area contributed by atoms with Crippen molar-refractivity contribution in [2.45, 2.75) is 32.0 Å². The molecule has 2 aromatic carbocycles. The van der Waals surface area contributed by atoms with E-state index < -0.39 is 36.0 Å². The van der Waals surface area contributed by atoms with Gasteiger partial charge in [0.15, 0.2) is 0 Å². The monoisotopic (exact) mass is 496 g/mol. The fraction of sp³-hybridized carbons (Fsp3) is 0.348. The average Bonchev–Trinajstić information content (AvgIpc) is 3.21. The van der Waals surface area contributed by atoms with Crippen LogP contribution in [0.4, 0.5) is 9.18 Å². The lowest BCUT2D eigenvalue weighted by Crippen LogP contribution is -2.46. The highest BCUT2D eigenvalue weighted by molar-refractivity contribution is 6.42. The van der Waals surface area contributed by atoms with Crippen molar-refractivity contribution in [2.24, 2.45) is 5.92 Å². The summed E-state index contributed by atoms with van der Waals surface area (Å²) in [7, 11) is 1.19. The predicted molar refractivity (Wildman–Crippen MR) is 120 cm³/mol. The fourth-order valence-corrected chi connectivity index (χ4v) is 4.23. The van der Waals surface area contributed by atoms with E-state index in [0.29, 0.717) is 16.1 Å². The number of ether oxygens (including phenoxy) is 2. The molecule has 1 aliphatic heterocycles. The first-order chi connectivity index (χ1) is 15.8. The van der Waals surface area contributed by atoms with Crippen molar-refractivity contribution in [1.82, 2.24) is 10.2 Å². The molecule has 7 nitrogen and oxygen atoms in total. The third-order valence-electron chi connectivity index (χ3n) is 5.44. The first-order valence-corrected chi connectivity index (χ1v) is 11.0. The van der Waals surface area contributed by atoms with Gasteiger partial charge in [0.05, 0.1) is 35.7 Å². The van der Waals surface area contributed by atoms with Gasteiger partial charge in [0.25, 0.3) is 0 Å². The summed E-state index contributed by atoms with van der Waals surface area (Å²) < 4.78 is 23.3. The number of nitrogens with one attached hydrogen (secondary N) is 1. The third-order valence-corrected chi connectivity index (χ3v) is 6.18. The Balaban J connectivity index is 1.93. The SMILES string of the molecule is CCOC(=O)C1CC(C(=O)NCc2ccc(F)cc2)N(C(=O)OC)C1c1ccc(Cl)c(Cl)c1. The number of nitrogens with zero attached hydrogens (tertiary/aromatic N) is 1. The number of methoxy groups -OCH3 is 1. The van der Waals surface area contributed by atoms with E-state index in [9.17, 15) is 18.8 Å². The minimum atomic E-state index is -1.01. The first kappa shape index (κ1) is 24.8. The number of benzene rings is 2. The minimum absolute atomic E-state index is 0.0219. The van der Waals surface area contributed by atoms with Crippen molar-refractivity contribution in [3.63, 3.8) is 0 Å². The second-order valence-electron chi connectivity index (χ2n) is 7.45. The van der Waals surface area contributed by atoms with Gasteiger partial charge in [0.2, 0.25) is 5.91 Å². The zero-order valence-corrected chi connectivity index (χ0v) is 19.5. The van der Waals surface area contributed by atoms with E-state index in [1.165, 1.54) is 24.1 Å². The van der Waals surface area contributed by atoms with Gasteiger partial charge in [-0.3, -0.25) is 14.5 Å². The van der Waals surface area contributed by atoms with Crippen molar-refractivity contribution < 1.29 is 28.2 Å². The number of esters is 1. The lowest BCUT2D eigenvalue weighted by Gasteiger charge is -2.30. The molecule has 0 saturated carbocycles. The summed E-state index contributed by atoms with van der Waals surface area (Å²) in [5.41, 5.74) is 1.19. The average molecular weight is 497 g/mol. The van der Waals surface area contributed by atoms with Gasteiger partial charge in [-0.2, -0.15) is 0 Å². The van der Waals surface area contributed by atoms with Crippen LogP contribution >= 0.6 is 23.2 Å². The van der Waals surface area contributed by atoms with Gasteiger partial charge in [-0.05, 0) is 48.7 Å². The molecule has 0 radical (unpaired) electrons. The molecule has 2 aromatic rings. The molecule has 3 unspecified atom stereocenters. The Morgan fingerprint density at radius 1 is 1.12 bits per heavy atom. The standard InChI is InChI=1S/C23H23Cl2FN2O5/c1-3-33-22(30)16-11-19(21(29)27-12-13-4-7-15(26)8-5-13)28(23(31)32-2)20(16)14-6-9-17(24)18(25)10-14/h4-10,16,19-20H,3,11-12H2,1-2H3,(H,27,29). The number of halogens is 3. The second kappa shape index (κ2) is 10.9. The number of likely N-dealkylation sites (tertiary alicyclic amines) is 1. The molecule has 3 rings (SSSR count). The zero-order chi connectivity index (χ0) is 24.1. The Morgan fingerprint density at radius 2 is 1.82 bits per heavy atom. The second-order valence-corrected chi connectivity index (χ2v) is 8.26. The summed E-state index contributed by atoms with van der Waals surface area (Å²) in [6.07, 6.45) is -0.756. The van der Waals surface area contributed by atoms with Crippen LogP contribution in [0.25, 0.3) is 0 Å². The van der Waals surface area contributed by atoms with Crippen LogP contribution in [-0.2, 0) is 25.6 Å². The number of carbonyl (C=O) groups is 3. The van der Waals surface area contributed by atoms with E-state index in [2.05, 4.69) is 5.32 Å². The molecule has 2 amide bonds. The molecule has 176 valence electrons. The van der Waals surface area contributed by atoms with Crippen molar-refractivity contribution >= 4 is 41.2 Å². The van der Waals surface area contributed by atoms with E-state index in [-0.39, 0.29) is 30.4 Å². The molecular formula is C23H23Cl2FN2O5. The smallest absolute Gasteiger partial charge is 0.410 e. The zero-order valence-electron chi connectivity index (χ0n) is 18.0. The van der Waals surface area contributed by atoms with E-state index in [1.807, 2.05) is 0 Å². The van der Waals surface area contributed by atoms with Gasteiger partial charge >= 0.3 is 12.1 Å². The Hall–Kier alpha value is -2.84. The van der Waals surface area contributed by atoms with E-state index >= 15 is 0 Å². The molecule has 1 fully saturated rings. The van der Waals surface area contributed by atoms with E-state index in [4.69, 9.17) is 32.7 Å². The van der Waals surface area contributed by atoms with Crippen molar-refractivity contribution in [1.29, 1.82) is 0 Å². The van der Waals surface area contributed by atoms with Gasteiger partial charge in [0, 0.05) is 6.54 Å². The molecule has 1 aliphatic rings. The molecule has 10 heteroatoms. The van der Waals surface area contributed by atoms with Gasteiger partial charge in [0.1, 0.15) is 11.9 Å². The molecule has 0 aromatic heterocycles. The third kappa shape index (κ3) is 5.57. The van der Waals surface area contributed by atoms with Crippen LogP contribution in [0.15, 0.2) is 42.5 Å². The topological polar surface area (TPSA) is 84.9 Å². The van der Waals surface area contributed by atoms with Crippen LogP contribution in [-0.4, -0.2) is 42.6 Å². The number of carbonyl (C=O) groups excluding carboxylic acids is 3. The molecule has 1 N–H and O–H groups in total. The van der Waals surface area contributed by atoms with E-state index in [1.54, 1.807) is 37.3 Å². The number of hydrogen-bond donors (Lipinski definition) is 1. The Morgan fingerprint density at radius 3 is 2.42 bits per heavy atom. The van der Waals surface area contributed by atoms with Gasteiger partial charge in [-0.15, -0.1) is 0 Å². The minimum Gasteiger partial charge on any atom is -0.466 e. The highest BCUT2D eigenvalue weighted by Gasteiger charge is 2.51. The number of rotatable bonds is 6. The summed E-state index contributed by atoms with van der Waals surface area (Å²) in [6, 6.07) is 8.54. The Bertz CT molecular complexity index is 1030. The van der Waals surface area contributed by atoms with Crippen LogP contribution in [0.1, 0.15) is 30.5 Å². The Labute approximate surface area is 200 Å². The van der Waals surface area contributed by atoms with Gasteiger partial charge in [-0.1, -0.05) is 41.4 Å². The maximum absolute atomic E-state index is 13.1. The first-order valence-electron chi connectivity index (χ1n) is 10.3. The molecule has 1 saturated heterocycles. The molecule has 3 atom stereocenters. The van der Waals surface area contributed by atoms with Crippen molar-refractivity contribution in [3.05, 3.63) is 69.5 Å². The lowest BCUT2D eigenvalue weighted by molar-refractivity contribution is -0.148. The highest BCUT2D eigenvalue weighted by Crippen LogP contribution is 2.43. The van der Waals surface area contributed by atoms with Crippen LogP contribution in [0.5, 0.6) is 0 Å².